The molecular weight excluding hydrogens is 472 g/mol. The first kappa shape index (κ1) is 22.2. The van der Waals surface area contributed by atoms with Gasteiger partial charge in [-0.05, 0) is 42.5 Å². The SMILES string of the molecule is CN1C(=O)C(NC(=S)Nc2ccc3c(c2)OCCO3)N=C(c2ccccc2)c2cc(Cl)ccc21. The van der Waals surface area contributed by atoms with Crippen LogP contribution in [0.5, 0.6) is 11.5 Å². The summed E-state index contributed by atoms with van der Waals surface area (Å²) in [7, 11) is 1.71. The van der Waals surface area contributed by atoms with E-state index in [2.05, 4.69) is 10.6 Å². The zero-order valence-electron chi connectivity index (χ0n) is 18.2. The van der Waals surface area contributed by atoms with Crippen LogP contribution in [0.3, 0.4) is 0 Å². The Bertz CT molecular complexity index is 1300. The Hall–Kier alpha value is -3.62. The fourth-order valence-corrected chi connectivity index (χ4v) is 4.28. The molecule has 2 N–H and O–H groups in total. The number of benzene rings is 3. The molecular formula is C25H21ClN4O3S. The van der Waals surface area contributed by atoms with Gasteiger partial charge < -0.3 is 25.0 Å². The van der Waals surface area contributed by atoms with Crippen LogP contribution in [0.2, 0.25) is 5.02 Å². The van der Waals surface area contributed by atoms with E-state index in [0.717, 1.165) is 11.1 Å². The Kier molecular flexibility index (Phi) is 6.08. The minimum Gasteiger partial charge on any atom is -0.486 e. The van der Waals surface area contributed by atoms with Gasteiger partial charge in [-0.1, -0.05) is 41.9 Å². The number of halogens is 1. The van der Waals surface area contributed by atoms with E-state index in [9.17, 15) is 4.79 Å². The van der Waals surface area contributed by atoms with Gasteiger partial charge in [0.2, 0.25) is 6.17 Å². The molecule has 0 aliphatic carbocycles. The minimum absolute atomic E-state index is 0.249. The first-order chi connectivity index (χ1) is 16.5. The van der Waals surface area contributed by atoms with Gasteiger partial charge in [-0.25, -0.2) is 4.99 Å². The van der Waals surface area contributed by atoms with Crippen molar-refractivity contribution in [3.05, 3.63) is 82.9 Å². The molecule has 1 unspecified atom stereocenters. The molecule has 0 bridgehead atoms. The number of amides is 1. The van der Waals surface area contributed by atoms with Crippen molar-refractivity contribution in [3.8, 4) is 11.5 Å². The van der Waals surface area contributed by atoms with Gasteiger partial charge in [0.25, 0.3) is 5.91 Å². The number of hydrogen-bond donors (Lipinski definition) is 2. The van der Waals surface area contributed by atoms with Crippen molar-refractivity contribution in [3.63, 3.8) is 0 Å². The van der Waals surface area contributed by atoms with E-state index in [4.69, 9.17) is 38.3 Å². The third kappa shape index (κ3) is 4.42. The van der Waals surface area contributed by atoms with Gasteiger partial charge in [0, 0.05) is 35.0 Å². The normalized spacial score (nSPS) is 16.8. The van der Waals surface area contributed by atoms with Crippen LogP contribution < -0.4 is 25.0 Å². The number of anilines is 2. The Morgan fingerprint density at radius 1 is 1.06 bits per heavy atom. The summed E-state index contributed by atoms with van der Waals surface area (Å²) in [4.78, 5) is 19.7. The standard InChI is InChI=1S/C25H21ClN4O3S/c1-30-19-9-7-16(26)13-18(19)22(15-5-3-2-4-6-15)28-23(24(30)31)29-25(34)27-17-8-10-20-21(14-17)33-12-11-32-20/h2-10,13-14,23H,11-12H2,1H3,(H2,27,29,34). The number of carbonyl (C=O) groups excluding carboxylic acids is 1. The maximum absolute atomic E-state index is 13.3. The number of nitrogens with zero attached hydrogens (tertiary/aromatic N) is 2. The molecule has 0 fully saturated rings. The fraction of sp³-hybridized carbons (Fsp3) is 0.160. The minimum atomic E-state index is -0.941. The van der Waals surface area contributed by atoms with Crippen molar-refractivity contribution in [2.24, 2.45) is 4.99 Å². The zero-order valence-corrected chi connectivity index (χ0v) is 19.8. The molecule has 5 rings (SSSR count). The fourth-order valence-electron chi connectivity index (χ4n) is 3.88. The smallest absolute Gasteiger partial charge is 0.272 e. The largest absolute Gasteiger partial charge is 0.486 e. The highest BCUT2D eigenvalue weighted by molar-refractivity contribution is 7.80. The number of carbonyl (C=O) groups is 1. The molecule has 3 aromatic carbocycles. The highest BCUT2D eigenvalue weighted by Crippen LogP contribution is 2.33. The van der Waals surface area contributed by atoms with Crippen LogP contribution in [-0.4, -0.2) is 43.2 Å². The van der Waals surface area contributed by atoms with Crippen LogP contribution in [0.1, 0.15) is 11.1 Å². The molecule has 0 saturated carbocycles. The van der Waals surface area contributed by atoms with Crippen LogP contribution in [0.15, 0.2) is 71.7 Å². The molecule has 2 aliphatic rings. The lowest BCUT2D eigenvalue weighted by Gasteiger charge is -2.22. The lowest BCUT2D eigenvalue weighted by molar-refractivity contribution is -0.119. The van der Waals surface area contributed by atoms with Gasteiger partial charge in [0.1, 0.15) is 13.2 Å². The van der Waals surface area contributed by atoms with Crippen molar-refractivity contribution in [1.29, 1.82) is 0 Å². The van der Waals surface area contributed by atoms with E-state index < -0.39 is 6.17 Å². The van der Waals surface area contributed by atoms with Gasteiger partial charge >= 0.3 is 0 Å². The summed E-state index contributed by atoms with van der Waals surface area (Å²) < 4.78 is 11.2. The quantitative estimate of drug-likeness (QED) is 0.533. The highest BCUT2D eigenvalue weighted by Gasteiger charge is 2.30. The van der Waals surface area contributed by atoms with Gasteiger partial charge in [0.15, 0.2) is 16.6 Å². The number of nitrogens with one attached hydrogen (secondary N) is 2. The van der Waals surface area contributed by atoms with Gasteiger partial charge in [0.05, 0.1) is 11.4 Å². The molecule has 7 nitrogen and oxygen atoms in total. The highest BCUT2D eigenvalue weighted by atomic mass is 35.5. The average Bonchev–Trinajstić information content (AvgIpc) is 2.95. The summed E-state index contributed by atoms with van der Waals surface area (Å²) in [6.07, 6.45) is -0.941. The lowest BCUT2D eigenvalue weighted by Crippen LogP contribution is -2.47. The predicted molar refractivity (Wildman–Crippen MR) is 138 cm³/mol. The second kappa shape index (κ2) is 9.32. The molecule has 0 aromatic heterocycles. The Balaban J connectivity index is 1.45. The van der Waals surface area contributed by atoms with Crippen molar-refractivity contribution >= 4 is 51.9 Å². The molecule has 3 aromatic rings. The van der Waals surface area contributed by atoms with E-state index in [1.165, 1.54) is 0 Å². The third-order valence-electron chi connectivity index (χ3n) is 5.51. The Morgan fingerprint density at radius 2 is 1.82 bits per heavy atom. The summed E-state index contributed by atoms with van der Waals surface area (Å²) in [5.41, 5.74) is 3.71. The molecule has 1 amide bonds. The van der Waals surface area contributed by atoms with Crippen LogP contribution in [0.25, 0.3) is 0 Å². The van der Waals surface area contributed by atoms with Crippen molar-refractivity contribution in [1.82, 2.24) is 5.32 Å². The molecule has 2 heterocycles. The summed E-state index contributed by atoms with van der Waals surface area (Å²) in [5.74, 6) is 1.08. The maximum atomic E-state index is 13.3. The molecule has 0 radical (unpaired) electrons. The van der Waals surface area contributed by atoms with E-state index in [-0.39, 0.29) is 11.0 Å². The van der Waals surface area contributed by atoms with E-state index in [1.807, 2.05) is 54.6 Å². The molecule has 2 aliphatic heterocycles. The number of ether oxygens (including phenoxy) is 2. The van der Waals surface area contributed by atoms with Crippen molar-refractivity contribution < 1.29 is 14.3 Å². The number of fused-ring (bicyclic) bond motifs is 2. The predicted octanol–water partition coefficient (Wildman–Crippen LogP) is 4.24. The number of rotatable bonds is 3. The first-order valence-electron chi connectivity index (χ1n) is 10.7. The van der Waals surface area contributed by atoms with Crippen molar-refractivity contribution in [2.75, 3.05) is 30.5 Å². The number of benzodiazepines with no additional fused rings is 1. The molecule has 34 heavy (non-hydrogen) atoms. The van der Waals surface area contributed by atoms with Crippen LogP contribution in [0.4, 0.5) is 11.4 Å². The Morgan fingerprint density at radius 3 is 2.62 bits per heavy atom. The molecule has 0 spiro atoms. The molecule has 0 saturated heterocycles. The monoisotopic (exact) mass is 492 g/mol. The summed E-state index contributed by atoms with van der Waals surface area (Å²) in [6.45, 7) is 1.01. The lowest BCUT2D eigenvalue weighted by atomic mass is 10.0. The van der Waals surface area contributed by atoms with Crippen LogP contribution in [-0.2, 0) is 4.79 Å². The average molecular weight is 493 g/mol. The van der Waals surface area contributed by atoms with E-state index in [1.54, 1.807) is 24.1 Å². The van der Waals surface area contributed by atoms with E-state index in [0.29, 0.717) is 46.8 Å². The zero-order chi connectivity index (χ0) is 23.7. The summed E-state index contributed by atoms with van der Waals surface area (Å²) >= 11 is 11.8. The third-order valence-corrected chi connectivity index (χ3v) is 5.97. The second-order valence-corrected chi connectivity index (χ2v) is 8.61. The summed E-state index contributed by atoms with van der Waals surface area (Å²) in [5, 5.41) is 6.97. The topological polar surface area (TPSA) is 75.2 Å². The first-order valence-corrected chi connectivity index (χ1v) is 11.5. The van der Waals surface area contributed by atoms with Crippen molar-refractivity contribution in [2.45, 2.75) is 6.17 Å². The molecule has 1 atom stereocenters. The van der Waals surface area contributed by atoms with Crippen LogP contribution in [0, 0.1) is 0 Å². The van der Waals surface area contributed by atoms with Crippen LogP contribution >= 0.6 is 23.8 Å². The molecule has 9 heteroatoms. The molecule has 172 valence electrons. The van der Waals surface area contributed by atoms with Gasteiger partial charge in [-0.2, -0.15) is 0 Å². The number of likely N-dealkylation sites (N-methyl/N-ethyl adjacent to an activating group) is 1. The van der Waals surface area contributed by atoms with Gasteiger partial charge in [-0.15, -0.1) is 0 Å². The van der Waals surface area contributed by atoms with Gasteiger partial charge in [-0.3, -0.25) is 4.79 Å². The second-order valence-electron chi connectivity index (χ2n) is 7.76. The number of hydrogen-bond acceptors (Lipinski definition) is 5. The number of aliphatic imine (C=N–C) groups is 1. The number of thiocarbonyl (C=S) groups is 1. The Labute approximate surface area is 207 Å². The van der Waals surface area contributed by atoms with E-state index >= 15 is 0 Å². The summed E-state index contributed by atoms with van der Waals surface area (Å²) in [6, 6.07) is 20.5. The maximum Gasteiger partial charge on any atom is 0.272 e.